The quantitative estimate of drug-likeness (QED) is 0.438. The van der Waals surface area contributed by atoms with Gasteiger partial charge in [-0.05, 0) is 36.5 Å². The number of nitrogens with one attached hydrogen (secondary N) is 3. The zero-order chi connectivity index (χ0) is 15.8. The van der Waals surface area contributed by atoms with Gasteiger partial charge in [-0.1, -0.05) is 24.3 Å². The van der Waals surface area contributed by atoms with Crippen molar-refractivity contribution >= 4 is 29.2 Å². The number of anilines is 1. The molecule has 5 nitrogen and oxygen atoms in total. The van der Waals surface area contributed by atoms with Crippen molar-refractivity contribution in [2.75, 3.05) is 19.5 Å². The van der Waals surface area contributed by atoms with E-state index in [1.165, 1.54) is 0 Å². The summed E-state index contributed by atoms with van der Waals surface area (Å²) in [4.78, 5) is 0. The summed E-state index contributed by atoms with van der Waals surface area (Å²) in [6, 6.07) is 15.3. The fourth-order valence-electron chi connectivity index (χ4n) is 1.89. The summed E-state index contributed by atoms with van der Waals surface area (Å²) in [6.45, 7) is 0. The average molecular weight is 316 g/mol. The zero-order valence-corrected chi connectivity index (χ0v) is 13.2. The van der Waals surface area contributed by atoms with Crippen LogP contribution in [-0.2, 0) is 0 Å². The number of rotatable bonds is 5. The molecule has 0 amide bonds. The molecule has 0 aliphatic carbocycles. The van der Waals surface area contributed by atoms with Gasteiger partial charge in [-0.15, -0.1) is 10.5 Å². The van der Waals surface area contributed by atoms with Crippen molar-refractivity contribution in [1.29, 1.82) is 0 Å². The van der Waals surface area contributed by atoms with E-state index in [4.69, 9.17) is 21.7 Å². The summed E-state index contributed by atoms with van der Waals surface area (Å²) in [5.41, 5.74) is 4.65. The summed E-state index contributed by atoms with van der Waals surface area (Å²) in [5.74, 6) is 1.32. The highest BCUT2D eigenvalue weighted by Crippen LogP contribution is 2.28. The Balaban J connectivity index is 1.99. The Kier molecular flexibility index (Phi) is 5.73. The number of hydrogen-bond acceptors (Lipinski definition) is 3. The molecule has 114 valence electrons. The van der Waals surface area contributed by atoms with Crippen LogP contribution in [0.5, 0.6) is 11.5 Å². The highest BCUT2D eigenvalue weighted by Gasteiger charge is 2.09. The van der Waals surface area contributed by atoms with Crippen LogP contribution in [0.1, 0.15) is 5.56 Å². The lowest BCUT2D eigenvalue weighted by Crippen LogP contribution is -2.82. The Morgan fingerprint density at radius 3 is 2.50 bits per heavy atom. The van der Waals surface area contributed by atoms with Gasteiger partial charge in [-0.2, -0.15) is 0 Å². The van der Waals surface area contributed by atoms with E-state index in [1.807, 2.05) is 48.5 Å². The van der Waals surface area contributed by atoms with Gasteiger partial charge in [0, 0.05) is 5.69 Å². The van der Waals surface area contributed by atoms with Crippen LogP contribution in [-0.4, -0.2) is 25.5 Å². The van der Waals surface area contributed by atoms with Crippen molar-refractivity contribution in [2.45, 2.75) is 0 Å². The van der Waals surface area contributed by atoms with Gasteiger partial charge in [0.1, 0.15) is 0 Å². The maximum Gasteiger partial charge on any atom is 0.228 e. The summed E-state index contributed by atoms with van der Waals surface area (Å²) in [6.07, 6.45) is 1.75. The SMILES string of the molecule is COc1cccc(C=[NH+]NC(=S)Nc2ccccc2)c1OC. The molecule has 2 aromatic rings. The molecular formula is C16H18N3O2S+. The molecule has 0 saturated carbocycles. The molecule has 3 N–H and O–H groups in total. The molecular weight excluding hydrogens is 298 g/mol. The first-order valence-corrected chi connectivity index (χ1v) is 7.07. The molecule has 0 fully saturated rings. The normalized spacial score (nSPS) is 10.3. The van der Waals surface area contributed by atoms with Crippen LogP contribution in [0.2, 0.25) is 0 Å². The highest BCUT2D eigenvalue weighted by molar-refractivity contribution is 7.80. The fraction of sp³-hybridized carbons (Fsp3) is 0.125. The molecule has 0 saturated heterocycles. The van der Waals surface area contributed by atoms with E-state index in [9.17, 15) is 0 Å². The number of para-hydroxylation sites is 2. The Hall–Kier alpha value is -2.60. The van der Waals surface area contributed by atoms with Crippen LogP contribution in [0.3, 0.4) is 0 Å². The van der Waals surface area contributed by atoms with Crippen LogP contribution >= 0.6 is 12.2 Å². The van der Waals surface area contributed by atoms with Gasteiger partial charge in [-0.3, -0.25) is 0 Å². The second-order valence-corrected chi connectivity index (χ2v) is 4.72. The average Bonchev–Trinajstić information content (AvgIpc) is 2.55. The summed E-state index contributed by atoms with van der Waals surface area (Å²) >= 11 is 5.20. The molecule has 0 atom stereocenters. The van der Waals surface area contributed by atoms with E-state index in [1.54, 1.807) is 20.4 Å². The van der Waals surface area contributed by atoms with Gasteiger partial charge in [0.15, 0.2) is 11.5 Å². The van der Waals surface area contributed by atoms with Crippen LogP contribution in [0, 0.1) is 0 Å². The molecule has 6 heteroatoms. The van der Waals surface area contributed by atoms with E-state index < -0.39 is 0 Å². The number of hydrazine groups is 1. The zero-order valence-electron chi connectivity index (χ0n) is 12.4. The van der Waals surface area contributed by atoms with Crippen molar-refractivity contribution in [1.82, 2.24) is 5.43 Å². The van der Waals surface area contributed by atoms with E-state index in [0.29, 0.717) is 16.6 Å². The molecule has 0 bridgehead atoms. The number of benzene rings is 2. The van der Waals surface area contributed by atoms with Crippen LogP contribution < -0.4 is 25.3 Å². The lowest BCUT2D eigenvalue weighted by atomic mass is 10.2. The predicted molar refractivity (Wildman–Crippen MR) is 91.5 cm³/mol. The van der Waals surface area contributed by atoms with E-state index in [2.05, 4.69) is 15.8 Å². The first-order chi connectivity index (χ1) is 10.7. The Labute approximate surface area is 134 Å². The third kappa shape index (κ3) is 4.20. The number of methoxy groups -OCH3 is 2. The molecule has 0 unspecified atom stereocenters. The lowest BCUT2D eigenvalue weighted by molar-refractivity contribution is -0.499. The molecule has 0 spiro atoms. The fourth-order valence-corrected chi connectivity index (χ4v) is 2.07. The van der Waals surface area contributed by atoms with E-state index in [-0.39, 0.29) is 0 Å². The van der Waals surface area contributed by atoms with Crippen molar-refractivity contribution in [2.24, 2.45) is 0 Å². The van der Waals surface area contributed by atoms with Gasteiger partial charge in [0.25, 0.3) is 0 Å². The Morgan fingerprint density at radius 2 is 1.82 bits per heavy atom. The van der Waals surface area contributed by atoms with Crippen LogP contribution in [0.25, 0.3) is 0 Å². The number of hydrazone groups is 1. The largest absolute Gasteiger partial charge is 0.493 e. The first-order valence-electron chi connectivity index (χ1n) is 6.66. The number of hydrogen-bond donors (Lipinski definition) is 3. The van der Waals surface area contributed by atoms with Crippen molar-refractivity contribution in [3.63, 3.8) is 0 Å². The van der Waals surface area contributed by atoms with Gasteiger partial charge >= 0.3 is 0 Å². The smallest absolute Gasteiger partial charge is 0.228 e. The number of thiocarbonyl (C=S) groups is 1. The maximum absolute atomic E-state index is 5.35. The minimum atomic E-state index is 0.462. The lowest BCUT2D eigenvalue weighted by Gasteiger charge is -2.08. The molecule has 0 radical (unpaired) electrons. The molecule has 2 aromatic carbocycles. The van der Waals surface area contributed by atoms with Gasteiger partial charge in [0.2, 0.25) is 11.3 Å². The molecule has 0 aliphatic rings. The standard InChI is InChI=1S/C16H17N3O2S/c1-20-14-10-6-7-12(15(14)21-2)11-17-19-16(22)18-13-8-4-3-5-9-13/h3-11H,1-2H3,(H2,18,19,22)/p+1. The van der Waals surface area contributed by atoms with Gasteiger partial charge < -0.3 is 14.8 Å². The van der Waals surface area contributed by atoms with Crippen LogP contribution in [0.15, 0.2) is 48.5 Å². The van der Waals surface area contributed by atoms with Crippen molar-refractivity contribution in [3.05, 3.63) is 54.1 Å². The minimum Gasteiger partial charge on any atom is -0.493 e. The summed E-state index contributed by atoms with van der Waals surface area (Å²) < 4.78 is 10.6. The minimum absolute atomic E-state index is 0.462. The Bertz CT molecular complexity index is 660. The monoisotopic (exact) mass is 316 g/mol. The number of ether oxygens (including phenoxy) is 2. The maximum atomic E-state index is 5.35. The van der Waals surface area contributed by atoms with E-state index in [0.717, 1.165) is 11.3 Å². The summed E-state index contributed by atoms with van der Waals surface area (Å²) in [7, 11) is 3.20. The van der Waals surface area contributed by atoms with Crippen LogP contribution in [0.4, 0.5) is 5.69 Å². The predicted octanol–water partition coefficient (Wildman–Crippen LogP) is 1.10. The highest BCUT2D eigenvalue weighted by atomic mass is 32.1. The van der Waals surface area contributed by atoms with Gasteiger partial charge in [0.05, 0.1) is 19.8 Å². The second kappa shape index (κ2) is 7.99. The van der Waals surface area contributed by atoms with Gasteiger partial charge in [-0.25, -0.2) is 0 Å². The molecule has 0 heterocycles. The summed E-state index contributed by atoms with van der Waals surface area (Å²) in [5, 5.41) is 6.46. The topological polar surface area (TPSA) is 56.5 Å². The third-order valence-corrected chi connectivity index (χ3v) is 3.08. The molecule has 22 heavy (non-hydrogen) atoms. The van der Waals surface area contributed by atoms with Crippen molar-refractivity contribution in [3.8, 4) is 11.5 Å². The second-order valence-electron chi connectivity index (χ2n) is 4.32. The Morgan fingerprint density at radius 1 is 1.05 bits per heavy atom. The molecule has 2 rings (SSSR count). The molecule has 0 aromatic heterocycles. The third-order valence-electron chi connectivity index (χ3n) is 2.88. The first kappa shape index (κ1) is 15.8. The van der Waals surface area contributed by atoms with Crippen molar-refractivity contribution < 1.29 is 14.6 Å². The van der Waals surface area contributed by atoms with E-state index >= 15 is 0 Å². The molecule has 0 aliphatic heterocycles.